The smallest absolute Gasteiger partial charge is 0.307 e. The van der Waals surface area contributed by atoms with Crippen LogP contribution in [0.5, 0.6) is 0 Å². The van der Waals surface area contributed by atoms with Crippen LogP contribution in [0.1, 0.15) is 15.9 Å². The van der Waals surface area contributed by atoms with Crippen molar-refractivity contribution in [3.05, 3.63) is 47.9 Å². The standard InChI is InChI=1S/C18H19N3O4S/c22-16(12-26-13-2-1-4-19-11-13)14-3-5-20-18(15(14)10-17(23)24)21-6-8-25-9-7-21/h1-5,11H,6-10,12H2,(H,23,24). The van der Waals surface area contributed by atoms with E-state index in [1.165, 1.54) is 11.8 Å². The Morgan fingerprint density at radius 2 is 2.04 bits per heavy atom. The summed E-state index contributed by atoms with van der Waals surface area (Å²) in [4.78, 5) is 35.4. The van der Waals surface area contributed by atoms with E-state index in [-0.39, 0.29) is 18.0 Å². The zero-order valence-electron chi connectivity index (χ0n) is 14.1. The molecule has 0 atom stereocenters. The maximum absolute atomic E-state index is 12.8. The Balaban J connectivity index is 1.84. The highest BCUT2D eigenvalue weighted by Crippen LogP contribution is 2.25. The molecule has 3 rings (SSSR count). The Bertz CT molecular complexity index is 779. The van der Waals surface area contributed by atoms with E-state index < -0.39 is 5.97 Å². The van der Waals surface area contributed by atoms with Crippen LogP contribution in [0.2, 0.25) is 0 Å². The SMILES string of the molecule is O=C(O)Cc1c(C(=O)CSc2cccnc2)ccnc1N1CCOCC1. The fraction of sp³-hybridized carbons (Fsp3) is 0.333. The molecule has 8 heteroatoms. The van der Waals surface area contributed by atoms with Gasteiger partial charge < -0.3 is 14.7 Å². The van der Waals surface area contributed by atoms with Crippen molar-refractivity contribution in [2.24, 2.45) is 0 Å². The lowest BCUT2D eigenvalue weighted by Gasteiger charge is -2.29. The van der Waals surface area contributed by atoms with Gasteiger partial charge in [0, 0.05) is 47.7 Å². The summed E-state index contributed by atoms with van der Waals surface area (Å²) in [5, 5.41) is 9.31. The summed E-state index contributed by atoms with van der Waals surface area (Å²) in [5.74, 6) is -0.327. The average molecular weight is 373 g/mol. The highest BCUT2D eigenvalue weighted by molar-refractivity contribution is 8.00. The molecule has 2 aromatic rings. The normalized spacial score (nSPS) is 14.2. The Morgan fingerprint density at radius 1 is 1.23 bits per heavy atom. The van der Waals surface area contributed by atoms with Gasteiger partial charge in [0.15, 0.2) is 5.78 Å². The van der Waals surface area contributed by atoms with Crippen molar-refractivity contribution < 1.29 is 19.4 Å². The van der Waals surface area contributed by atoms with Crippen LogP contribution in [-0.2, 0) is 16.0 Å². The van der Waals surface area contributed by atoms with Gasteiger partial charge in [0.2, 0.25) is 0 Å². The third-order valence-corrected chi connectivity index (χ3v) is 4.96. The fourth-order valence-electron chi connectivity index (χ4n) is 2.77. The number of hydrogen-bond acceptors (Lipinski definition) is 7. The molecule has 0 aliphatic carbocycles. The lowest BCUT2D eigenvalue weighted by Crippen LogP contribution is -2.37. The van der Waals surface area contributed by atoms with E-state index in [0.717, 1.165) is 4.90 Å². The number of carbonyl (C=O) groups excluding carboxylic acids is 1. The maximum atomic E-state index is 12.8. The molecule has 0 amide bonds. The van der Waals surface area contributed by atoms with Crippen LogP contribution in [-0.4, -0.2) is 58.9 Å². The quantitative estimate of drug-likeness (QED) is 0.581. The van der Waals surface area contributed by atoms with E-state index in [1.807, 2.05) is 17.0 Å². The largest absolute Gasteiger partial charge is 0.481 e. The van der Waals surface area contributed by atoms with E-state index in [0.29, 0.717) is 43.2 Å². The second kappa shape index (κ2) is 8.77. The number of nitrogens with zero attached hydrogens (tertiary/aromatic N) is 3. The second-order valence-electron chi connectivity index (χ2n) is 5.73. The summed E-state index contributed by atoms with van der Waals surface area (Å²) >= 11 is 1.38. The number of pyridine rings is 2. The van der Waals surface area contributed by atoms with E-state index >= 15 is 0 Å². The summed E-state index contributed by atoms with van der Waals surface area (Å²) < 4.78 is 5.35. The molecule has 136 valence electrons. The van der Waals surface area contributed by atoms with Gasteiger partial charge in [-0.3, -0.25) is 14.6 Å². The molecule has 1 saturated heterocycles. The van der Waals surface area contributed by atoms with Crippen molar-refractivity contribution in [2.75, 3.05) is 37.0 Å². The number of rotatable bonds is 7. The van der Waals surface area contributed by atoms with E-state index in [9.17, 15) is 14.7 Å². The molecule has 1 aliphatic heterocycles. The third kappa shape index (κ3) is 4.59. The number of aromatic nitrogens is 2. The third-order valence-electron chi connectivity index (χ3n) is 3.98. The zero-order valence-corrected chi connectivity index (χ0v) is 14.9. The van der Waals surface area contributed by atoms with Gasteiger partial charge in [-0.2, -0.15) is 0 Å². The monoisotopic (exact) mass is 373 g/mol. The van der Waals surface area contributed by atoms with Gasteiger partial charge in [-0.25, -0.2) is 4.98 Å². The van der Waals surface area contributed by atoms with Crippen LogP contribution in [0.4, 0.5) is 5.82 Å². The molecular formula is C18H19N3O4S. The molecule has 1 fully saturated rings. The average Bonchev–Trinajstić information content (AvgIpc) is 2.67. The molecule has 0 aromatic carbocycles. The van der Waals surface area contributed by atoms with E-state index in [1.54, 1.807) is 24.7 Å². The molecule has 0 saturated carbocycles. The molecule has 26 heavy (non-hydrogen) atoms. The second-order valence-corrected chi connectivity index (χ2v) is 6.78. The Morgan fingerprint density at radius 3 is 2.73 bits per heavy atom. The number of thioether (sulfide) groups is 1. The first-order valence-corrected chi connectivity index (χ1v) is 9.22. The number of Topliss-reactive ketones (excluding diaryl/α,β-unsaturated/α-hetero) is 1. The van der Waals surface area contributed by atoms with Gasteiger partial charge in [-0.15, -0.1) is 11.8 Å². The van der Waals surface area contributed by atoms with Crippen molar-refractivity contribution in [3.63, 3.8) is 0 Å². The number of anilines is 1. The molecule has 7 nitrogen and oxygen atoms in total. The molecule has 2 aromatic heterocycles. The molecule has 0 unspecified atom stereocenters. The fourth-order valence-corrected chi connectivity index (χ4v) is 3.54. The minimum atomic E-state index is -0.985. The van der Waals surface area contributed by atoms with Crippen LogP contribution in [0.15, 0.2) is 41.7 Å². The highest BCUT2D eigenvalue weighted by Gasteiger charge is 2.23. The van der Waals surface area contributed by atoms with Gasteiger partial charge in [0.05, 0.1) is 25.4 Å². The van der Waals surface area contributed by atoms with Crippen molar-refractivity contribution >= 4 is 29.3 Å². The van der Waals surface area contributed by atoms with Gasteiger partial charge in [0.1, 0.15) is 5.82 Å². The molecule has 0 spiro atoms. The minimum Gasteiger partial charge on any atom is -0.481 e. The topological polar surface area (TPSA) is 92.6 Å². The van der Waals surface area contributed by atoms with Gasteiger partial charge >= 0.3 is 5.97 Å². The summed E-state index contributed by atoms with van der Waals surface area (Å²) in [6, 6.07) is 5.30. The van der Waals surface area contributed by atoms with Gasteiger partial charge in [-0.1, -0.05) is 0 Å². The number of ketones is 1. The number of carboxylic acid groups (broad SMARTS) is 1. The summed E-state index contributed by atoms with van der Waals surface area (Å²) in [6.07, 6.45) is 4.70. The van der Waals surface area contributed by atoms with Gasteiger partial charge in [0.25, 0.3) is 0 Å². The lowest BCUT2D eigenvalue weighted by molar-refractivity contribution is -0.136. The van der Waals surface area contributed by atoms with Crippen LogP contribution < -0.4 is 4.90 Å². The lowest BCUT2D eigenvalue weighted by atomic mass is 10.0. The first-order chi connectivity index (χ1) is 12.6. The Labute approximate surface area is 155 Å². The number of carboxylic acids is 1. The first kappa shape index (κ1) is 18.3. The minimum absolute atomic E-state index is 0.119. The van der Waals surface area contributed by atoms with Gasteiger partial charge in [-0.05, 0) is 18.2 Å². The molecule has 0 bridgehead atoms. The number of carbonyl (C=O) groups is 2. The zero-order chi connectivity index (χ0) is 18.4. The molecule has 1 N–H and O–H groups in total. The van der Waals surface area contributed by atoms with Crippen LogP contribution in [0, 0.1) is 0 Å². The Hall–Kier alpha value is -2.45. The molecule has 0 radical (unpaired) electrons. The molecule has 3 heterocycles. The van der Waals surface area contributed by atoms with E-state index in [2.05, 4.69) is 9.97 Å². The molecule has 1 aliphatic rings. The number of aliphatic carboxylic acids is 1. The first-order valence-electron chi connectivity index (χ1n) is 8.23. The predicted octanol–water partition coefficient (Wildman–Crippen LogP) is 1.92. The van der Waals surface area contributed by atoms with Crippen LogP contribution in [0.25, 0.3) is 0 Å². The van der Waals surface area contributed by atoms with E-state index in [4.69, 9.17) is 4.74 Å². The summed E-state index contributed by atoms with van der Waals surface area (Å²) in [7, 11) is 0. The number of morpholine rings is 1. The number of hydrogen-bond donors (Lipinski definition) is 1. The van der Waals surface area contributed by atoms with Crippen molar-refractivity contribution in [2.45, 2.75) is 11.3 Å². The van der Waals surface area contributed by atoms with Crippen molar-refractivity contribution in [1.82, 2.24) is 9.97 Å². The molecular weight excluding hydrogens is 354 g/mol. The van der Waals surface area contributed by atoms with Crippen molar-refractivity contribution in [3.8, 4) is 0 Å². The van der Waals surface area contributed by atoms with Crippen LogP contribution >= 0.6 is 11.8 Å². The highest BCUT2D eigenvalue weighted by atomic mass is 32.2. The Kier molecular flexibility index (Phi) is 6.19. The van der Waals surface area contributed by atoms with Crippen LogP contribution in [0.3, 0.4) is 0 Å². The summed E-state index contributed by atoms with van der Waals surface area (Å²) in [5.41, 5.74) is 0.888. The predicted molar refractivity (Wildman–Crippen MR) is 97.9 cm³/mol. The maximum Gasteiger partial charge on any atom is 0.307 e. The van der Waals surface area contributed by atoms with Crippen molar-refractivity contribution in [1.29, 1.82) is 0 Å². The number of ether oxygens (including phenoxy) is 1. The summed E-state index contributed by atoms with van der Waals surface area (Å²) in [6.45, 7) is 2.37.